The molecule has 0 aliphatic carbocycles. The highest BCUT2D eigenvalue weighted by atomic mass is 31.2. The Hall–Kier alpha value is -3.36. The van der Waals surface area contributed by atoms with E-state index in [1.54, 1.807) is 44.2 Å². The van der Waals surface area contributed by atoms with Gasteiger partial charge in [0.05, 0.1) is 12.6 Å². The summed E-state index contributed by atoms with van der Waals surface area (Å²) in [5.41, 5.74) is 0.698. The van der Waals surface area contributed by atoms with Gasteiger partial charge in [0.1, 0.15) is 24.2 Å². The van der Waals surface area contributed by atoms with E-state index in [2.05, 4.69) is 26.4 Å². The molecule has 0 spiro atoms. The van der Waals surface area contributed by atoms with E-state index in [0.29, 0.717) is 5.56 Å². The van der Waals surface area contributed by atoms with Crippen LogP contribution < -0.4 is 26.4 Å². The van der Waals surface area contributed by atoms with Crippen molar-refractivity contribution >= 4 is 37.3 Å². The monoisotopic (exact) mass is 615 g/mol. The molecule has 15 nitrogen and oxygen atoms in total. The standard InChI is InChI=1S/C26H42N5O10P/c1-15(2)12-19(28-25(36)21(14-32)30-23(34)17(4)31-42(39,40-5)41-6)24(35)27-16(3)22(33)29-20(26(37)38)13-18-10-8-7-9-11-18/h7-11,15-17,19-21,32H,12-14H2,1-6H3,(H,27,35)(H,28,36)(H,29,33)(H,30,34)(H,31,39)(H,37,38)/t16-,17-,19-,20-,21-/m0/s1. The van der Waals surface area contributed by atoms with Crippen LogP contribution in [0.25, 0.3) is 0 Å². The number of aliphatic hydroxyl groups excluding tert-OH is 1. The van der Waals surface area contributed by atoms with Gasteiger partial charge >= 0.3 is 13.7 Å². The first-order valence-corrected chi connectivity index (χ1v) is 14.8. The fourth-order valence-corrected chi connectivity index (χ4v) is 4.62. The van der Waals surface area contributed by atoms with Crippen LogP contribution in [0.15, 0.2) is 30.3 Å². The second-order valence-corrected chi connectivity index (χ2v) is 12.0. The Kier molecular flexibility index (Phi) is 15.3. The van der Waals surface area contributed by atoms with Gasteiger partial charge in [-0.3, -0.25) is 19.2 Å². The molecular weight excluding hydrogens is 573 g/mol. The maximum Gasteiger partial charge on any atom is 0.405 e. The third-order valence-electron chi connectivity index (χ3n) is 6.03. The number of amides is 4. The minimum absolute atomic E-state index is 0.0332. The normalized spacial score (nSPS) is 15.0. The third-order valence-corrected chi connectivity index (χ3v) is 7.70. The van der Waals surface area contributed by atoms with Gasteiger partial charge in [0.25, 0.3) is 0 Å². The Morgan fingerprint density at radius 2 is 1.26 bits per heavy atom. The molecule has 16 heteroatoms. The van der Waals surface area contributed by atoms with Gasteiger partial charge in [-0.15, -0.1) is 0 Å². The Bertz CT molecular complexity index is 1110. The molecule has 0 bridgehead atoms. The summed E-state index contributed by atoms with van der Waals surface area (Å²) in [6, 6.07) is 2.55. The lowest BCUT2D eigenvalue weighted by Gasteiger charge is -2.26. The largest absolute Gasteiger partial charge is 0.480 e. The summed E-state index contributed by atoms with van der Waals surface area (Å²) in [6.07, 6.45) is 0.179. The smallest absolute Gasteiger partial charge is 0.405 e. The maximum absolute atomic E-state index is 13.1. The van der Waals surface area contributed by atoms with Crippen molar-refractivity contribution < 1.29 is 47.8 Å². The lowest BCUT2D eigenvalue weighted by Crippen LogP contribution is -2.59. The Morgan fingerprint density at radius 3 is 1.76 bits per heavy atom. The number of carboxylic acids is 1. The molecule has 0 aromatic heterocycles. The molecule has 0 saturated carbocycles. The van der Waals surface area contributed by atoms with Crippen LogP contribution in [0, 0.1) is 5.92 Å². The Labute approximate surface area is 245 Å². The molecule has 4 amide bonds. The van der Waals surface area contributed by atoms with E-state index in [9.17, 15) is 38.8 Å². The summed E-state index contributed by atoms with van der Waals surface area (Å²) < 4.78 is 21.7. The number of benzene rings is 1. The highest BCUT2D eigenvalue weighted by molar-refractivity contribution is 7.51. The molecule has 0 fully saturated rings. The average molecular weight is 616 g/mol. The average Bonchev–Trinajstić information content (AvgIpc) is 2.94. The molecule has 0 heterocycles. The van der Waals surface area contributed by atoms with E-state index < -0.39 is 74.2 Å². The van der Waals surface area contributed by atoms with Crippen molar-refractivity contribution in [3.05, 3.63) is 35.9 Å². The Morgan fingerprint density at radius 1 is 0.762 bits per heavy atom. The number of hydrogen-bond donors (Lipinski definition) is 7. The van der Waals surface area contributed by atoms with Gasteiger partial charge in [0.15, 0.2) is 0 Å². The number of carbonyl (C=O) groups excluding carboxylic acids is 4. The molecule has 1 aromatic carbocycles. The molecule has 5 atom stereocenters. The van der Waals surface area contributed by atoms with Gasteiger partial charge in [-0.2, -0.15) is 0 Å². The number of aliphatic carboxylic acids is 1. The predicted octanol–water partition coefficient (Wildman–Crippen LogP) is -0.310. The predicted molar refractivity (Wildman–Crippen MR) is 152 cm³/mol. The van der Waals surface area contributed by atoms with E-state index in [1.165, 1.54) is 13.8 Å². The highest BCUT2D eigenvalue weighted by Crippen LogP contribution is 2.41. The van der Waals surface area contributed by atoms with E-state index in [4.69, 9.17) is 9.05 Å². The molecule has 0 aliphatic heterocycles. The fraction of sp³-hybridized carbons (Fsp3) is 0.577. The first-order chi connectivity index (χ1) is 19.7. The molecule has 0 radical (unpaired) electrons. The number of rotatable bonds is 18. The van der Waals surface area contributed by atoms with Gasteiger partial charge in [-0.25, -0.2) is 14.4 Å². The van der Waals surface area contributed by atoms with Gasteiger partial charge in [0, 0.05) is 20.6 Å². The van der Waals surface area contributed by atoms with Crippen LogP contribution in [0.5, 0.6) is 0 Å². The van der Waals surface area contributed by atoms with Crippen LogP contribution in [-0.4, -0.2) is 90.8 Å². The molecule has 236 valence electrons. The lowest BCUT2D eigenvalue weighted by atomic mass is 10.0. The lowest BCUT2D eigenvalue weighted by molar-refractivity contribution is -0.142. The van der Waals surface area contributed by atoms with E-state index in [-0.39, 0.29) is 18.8 Å². The summed E-state index contributed by atoms with van der Waals surface area (Å²) in [5, 5.41) is 31.3. The minimum atomic E-state index is -3.76. The zero-order chi connectivity index (χ0) is 32.0. The molecule has 1 rings (SSSR count). The van der Waals surface area contributed by atoms with E-state index >= 15 is 0 Å². The van der Waals surface area contributed by atoms with Crippen molar-refractivity contribution in [3.63, 3.8) is 0 Å². The summed E-state index contributed by atoms with van der Waals surface area (Å²) in [5.74, 6) is -4.49. The van der Waals surface area contributed by atoms with Crippen LogP contribution in [0.4, 0.5) is 0 Å². The zero-order valence-electron chi connectivity index (χ0n) is 24.6. The summed E-state index contributed by atoms with van der Waals surface area (Å²) in [4.78, 5) is 62.9. The molecule has 7 N–H and O–H groups in total. The van der Waals surface area contributed by atoms with Gasteiger partial charge < -0.3 is 40.5 Å². The number of carboxylic acid groups (broad SMARTS) is 1. The van der Waals surface area contributed by atoms with Gasteiger partial charge in [-0.1, -0.05) is 44.2 Å². The first-order valence-electron chi connectivity index (χ1n) is 13.2. The Balaban J connectivity index is 2.87. The zero-order valence-corrected chi connectivity index (χ0v) is 25.5. The van der Waals surface area contributed by atoms with Crippen LogP contribution in [0.1, 0.15) is 39.7 Å². The number of carbonyl (C=O) groups is 5. The molecule has 0 saturated heterocycles. The SMILES string of the molecule is COP(=O)(N[C@@H](C)C(=O)N[C@@H](CO)C(=O)N[C@@H](CC(C)C)C(=O)N[C@@H](C)C(=O)N[C@@H](Cc1ccccc1)C(=O)O)OC. The maximum atomic E-state index is 13.1. The van der Waals surface area contributed by atoms with Crippen molar-refractivity contribution in [1.82, 2.24) is 26.4 Å². The molecular formula is C26H42N5O10P. The quantitative estimate of drug-likeness (QED) is 0.106. The van der Waals surface area contributed by atoms with Crippen molar-refractivity contribution in [2.75, 3.05) is 20.8 Å². The van der Waals surface area contributed by atoms with Crippen molar-refractivity contribution in [1.29, 1.82) is 0 Å². The first kappa shape index (κ1) is 36.7. The van der Waals surface area contributed by atoms with E-state index in [0.717, 1.165) is 14.2 Å². The summed E-state index contributed by atoms with van der Waals surface area (Å²) in [6.45, 7) is 5.48. The molecule has 0 aliphatic rings. The van der Waals surface area contributed by atoms with Gasteiger partial charge in [-0.05, 0) is 31.7 Å². The van der Waals surface area contributed by atoms with Crippen molar-refractivity contribution in [2.24, 2.45) is 5.92 Å². The minimum Gasteiger partial charge on any atom is -0.480 e. The molecule has 42 heavy (non-hydrogen) atoms. The second kappa shape index (κ2) is 17.6. The van der Waals surface area contributed by atoms with Crippen molar-refractivity contribution in [3.8, 4) is 0 Å². The summed E-state index contributed by atoms with van der Waals surface area (Å²) >= 11 is 0. The molecule has 0 unspecified atom stereocenters. The van der Waals surface area contributed by atoms with E-state index in [1.807, 2.05) is 0 Å². The number of aliphatic hydroxyl groups is 1. The molecule has 1 aromatic rings. The van der Waals surface area contributed by atoms with Crippen LogP contribution >= 0.6 is 7.75 Å². The fourth-order valence-electron chi connectivity index (χ4n) is 3.67. The second-order valence-electron chi connectivity index (χ2n) is 9.97. The van der Waals surface area contributed by atoms with Crippen LogP contribution in [0.3, 0.4) is 0 Å². The number of hydrogen-bond acceptors (Lipinski definition) is 9. The van der Waals surface area contributed by atoms with Crippen LogP contribution in [0.2, 0.25) is 0 Å². The number of nitrogens with one attached hydrogen (secondary N) is 5. The van der Waals surface area contributed by atoms with Gasteiger partial charge in [0.2, 0.25) is 23.6 Å². The van der Waals surface area contributed by atoms with Crippen LogP contribution in [-0.2, 0) is 44.0 Å². The summed E-state index contributed by atoms with van der Waals surface area (Å²) in [7, 11) is -1.53. The third kappa shape index (κ3) is 12.2. The highest BCUT2D eigenvalue weighted by Gasteiger charge is 2.32. The van der Waals surface area contributed by atoms with Crippen molar-refractivity contribution in [2.45, 2.75) is 70.7 Å². The topological polar surface area (TPSA) is 221 Å².